The molecule has 144 valence electrons. The van der Waals surface area contributed by atoms with Crippen LogP contribution in [-0.2, 0) is 13.1 Å². The summed E-state index contributed by atoms with van der Waals surface area (Å²) in [6.45, 7) is 5.23. The summed E-state index contributed by atoms with van der Waals surface area (Å²) in [5, 5.41) is 2.85. The predicted octanol–water partition coefficient (Wildman–Crippen LogP) is 3.40. The van der Waals surface area contributed by atoms with Crippen molar-refractivity contribution in [2.24, 2.45) is 0 Å². The van der Waals surface area contributed by atoms with Gasteiger partial charge in [-0.15, -0.1) is 0 Å². The number of hydrogen-bond donors (Lipinski definition) is 2. The van der Waals surface area contributed by atoms with Crippen molar-refractivity contribution >= 4 is 17.7 Å². The summed E-state index contributed by atoms with van der Waals surface area (Å²) < 4.78 is 0. The summed E-state index contributed by atoms with van der Waals surface area (Å²) in [6, 6.07) is 20.0. The first-order chi connectivity index (χ1) is 13.5. The third kappa shape index (κ3) is 4.85. The Morgan fingerprint density at radius 2 is 1.64 bits per heavy atom. The van der Waals surface area contributed by atoms with E-state index in [2.05, 4.69) is 46.2 Å². The average molecular weight is 375 g/mol. The summed E-state index contributed by atoms with van der Waals surface area (Å²) in [7, 11) is 0. The zero-order valence-corrected chi connectivity index (χ0v) is 16.2. The third-order valence-electron chi connectivity index (χ3n) is 4.42. The second-order valence-electron chi connectivity index (χ2n) is 6.84. The minimum Gasteiger partial charge on any atom is -0.383 e. The van der Waals surface area contributed by atoms with E-state index in [-0.39, 0.29) is 23.3 Å². The molecule has 6 heteroatoms. The van der Waals surface area contributed by atoms with Gasteiger partial charge in [-0.05, 0) is 25.0 Å². The molecule has 3 rings (SSSR count). The number of rotatable bonds is 7. The number of amides is 1. The van der Waals surface area contributed by atoms with Gasteiger partial charge in [-0.2, -0.15) is 4.98 Å². The quantitative estimate of drug-likeness (QED) is 0.661. The highest BCUT2D eigenvalue weighted by atomic mass is 16.1. The molecule has 0 aliphatic carbocycles. The molecule has 6 nitrogen and oxygen atoms in total. The number of nitrogens with two attached hydrogens (primary N) is 1. The van der Waals surface area contributed by atoms with Gasteiger partial charge in [0.05, 0.1) is 5.56 Å². The summed E-state index contributed by atoms with van der Waals surface area (Å²) >= 11 is 0. The molecule has 0 saturated carbocycles. The smallest absolute Gasteiger partial charge is 0.256 e. The highest BCUT2D eigenvalue weighted by Crippen LogP contribution is 2.19. The molecular weight excluding hydrogens is 350 g/mol. The van der Waals surface area contributed by atoms with Crippen molar-refractivity contribution in [3.05, 3.63) is 83.6 Å². The SMILES string of the molecule is CC(C)N(Cc1ccccc1)c1ncc(C(=O)NCc2ccccc2)c(N)n1. The van der Waals surface area contributed by atoms with E-state index in [1.165, 1.54) is 6.20 Å². The van der Waals surface area contributed by atoms with Crippen LogP contribution in [0, 0.1) is 0 Å². The molecule has 28 heavy (non-hydrogen) atoms. The van der Waals surface area contributed by atoms with Gasteiger partial charge in [0, 0.05) is 25.3 Å². The average Bonchev–Trinajstić information content (AvgIpc) is 2.71. The molecule has 3 aromatic rings. The lowest BCUT2D eigenvalue weighted by Crippen LogP contribution is -2.32. The number of hydrogen-bond acceptors (Lipinski definition) is 5. The normalized spacial score (nSPS) is 10.7. The van der Waals surface area contributed by atoms with Crippen LogP contribution in [-0.4, -0.2) is 21.9 Å². The maximum absolute atomic E-state index is 12.5. The van der Waals surface area contributed by atoms with Crippen LogP contribution in [0.1, 0.15) is 35.3 Å². The van der Waals surface area contributed by atoms with Gasteiger partial charge in [-0.1, -0.05) is 60.7 Å². The van der Waals surface area contributed by atoms with Crippen LogP contribution in [0.5, 0.6) is 0 Å². The van der Waals surface area contributed by atoms with Gasteiger partial charge < -0.3 is 16.0 Å². The highest BCUT2D eigenvalue weighted by Gasteiger charge is 2.18. The van der Waals surface area contributed by atoms with Gasteiger partial charge in [-0.3, -0.25) is 4.79 Å². The molecule has 1 aromatic heterocycles. The lowest BCUT2D eigenvalue weighted by atomic mass is 10.2. The van der Waals surface area contributed by atoms with Gasteiger partial charge in [-0.25, -0.2) is 4.98 Å². The lowest BCUT2D eigenvalue weighted by molar-refractivity contribution is 0.0951. The Morgan fingerprint density at radius 1 is 1.04 bits per heavy atom. The topological polar surface area (TPSA) is 84.1 Å². The van der Waals surface area contributed by atoms with Crippen molar-refractivity contribution in [2.75, 3.05) is 10.6 Å². The number of carbonyl (C=O) groups is 1. The van der Waals surface area contributed by atoms with Crippen molar-refractivity contribution in [3.8, 4) is 0 Å². The second-order valence-corrected chi connectivity index (χ2v) is 6.84. The van der Waals surface area contributed by atoms with Crippen LogP contribution in [0.3, 0.4) is 0 Å². The number of nitrogens with one attached hydrogen (secondary N) is 1. The summed E-state index contributed by atoms with van der Waals surface area (Å²) in [6.07, 6.45) is 1.50. The first-order valence-corrected chi connectivity index (χ1v) is 9.30. The number of nitrogens with zero attached hydrogens (tertiary/aromatic N) is 3. The largest absolute Gasteiger partial charge is 0.383 e. The Balaban J connectivity index is 1.73. The van der Waals surface area contributed by atoms with E-state index in [4.69, 9.17) is 5.73 Å². The van der Waals surface area contributed by atoms with Gasteiger partial charge in [0.1, 0.15) is 5.82 Å². The molecule has 0 saturated heterocycles. The fourth-order valence-corrected chi connectivity index (χ4v) is 2.84. The number of anilines is 2. The van der Waals surface area contributed by atoms with E-state index in [0.29, 0.717) is 19.0 Å². The van der Waals surface area contributed by atoms with Crippen molar-refractivity contribution < 1.29 is 4.79 Å². The fraction of sp³-hybridized carbons (Fsp3) is 0.227. The van der Waals surface area contributed by atoms with Gasteiger partial charge in [0.15, 0.2) is 0 Å². The van der Waals surface area contributed by atoms with E-state index in [1.54, 1.807) is 0 Å². The molecule has 0 bridgehead atoms. The van der Waals surface area contributed by atoms with E-state index in [1.807, 2.05) is 48.5 Å². The first-order valence-electron chi connectivity index (χ1n) is 9.30. The number of nitrogen functional groups attached to an aromatic ring is 1. The standard InChI is InChI=1S/C22H25N5O/c1-16(2)27(15-18-11-7-4-8-12-18)22-25-14-19(20(23)26-22)21(28)24-13-17-9-5-3-6-10-17/h3-12,14,16H,13,15H2,1-2H3,(H,24,28)(H2,23,25,26). The number of aromatic nitrogens is 2. The molecule has 2 aromatic carbocycles. The van der Waals surface area contributed by atoms with Crippen LogP contribution in [0.4, 0.5) is 11.8 Å². The fourth-order valence-electron chi connectivity index (χ4n) is 2.84. The summed E-state index contributed by atoms with van der Waals surface area (Å²) in [5.41, 5.74) is 8.53. The van der Waals surface area contributed by atoms with E-state index in [0.717, 1.165) is 11.1 Å². The minimum absolute atomic E-state index is 0.175. The monoisotopic (exact) mass is 375 g/mol. The second kappa shape index (κ2) is 8.99. The van der Waals surface area contributed by atoms with Gasteiger partial charge >= 0.3 is 0 Å². The summed E-state index contributed by atoms with van der Waals surface area (Å²) in [4.78, 5) is 23.3. The van der Waals surface area contributed by atoms with E-state index in [9.17, 15) is 4.79 Å². The molecule has 0 spiro atoms. The molecule has 0 unspecified atom stereocenters. The highest BCUT2D eigenvalue weighted by molar-refractivity contribution is 5.98. The molecule has 3 N–H and O–H groups in total. The minimum atomic E-state index is -0.285. The molecule has 1 heterocycles. The van der Waals surface area contributed by atoms with Crippen LogP contribution < -0.4 is 16.0 Å². The van der Waals surface area contributed by atoms with Crippen molar-refractivity contribution in [2.45, 2.75) is 33.0 Å². The van der Waals surface area contributed by atoms with Crippen molar-refractivity contribution in [3.63, 3.8) is 0 Å². The van der Waals surface area contributed by atoms with Gasteiger partial charge in [0.25, 0.3) is 5.91 Å². The van der Waals surface area contributed by atoms with Crippen molar-refractivity contribution in [1.82, 2.24) is 15.3 Å². The van der Waals surface area contributed by atoms with E-state index >= 15 is 0 Å². The van der Waals surface area contributed by atoms with Crippen LogP contribution in [0.15, 0.2) is 66.9 Å². The lowest BCUT2D eigenvalue weighted by Gasteiger charge is -2.27. The van der Waals surface area contributed by atoms with Crippen LogP contribution in [0.25, 0.3) is 0 Å². The molecule has 0 aliphatic rings. The summed E-state index contributed by atoms with van der Waals surface area (Å²) in [5.74, 6) is 0.400. The maximum Gasteiger partial charge on any atom is 0.256 e. The zero-order valence-electron chi connectivity index (χ0n) is 16.2. The Morgan fingerprint density at radius 3 is 2.21 bits per heavy atom. The van der Waals surface area contributed by atoms with Gasteiger partial charge in [0.2, 0.25) is 5.95 Å². The Labute approximate surface area is 165 Å². The Kier molecular flexibility index (Phi) is 6.22. The Hall–Kier alpha value is -3.41. The zero-order chi connectivity index (χ0) is 19.9. The molecule has 0 aliphatic heterocycles. The maximum atomic E-state index is 12.5. The number of carbonyl (C=O) groups excluding carboxylic acids is 1. The molecule has 0 radical (unpaired) electrons. The van der Waals surface area contributed by atoms with E-state index < -0.39 is 0 Å². The van der Waals surface area contributed by atoms with Crippen LogP contribution >= 0.6 is 0 Å². The third-order valence-corrected chi connectivity index (χ3v) is 4.42. The molecule has 0 atom stereocenters. The molecule has 1 amide bonds. The molecular formula is C22H25N5O. The number of benzene rings is 2. The Bertz CT molecular complexity index is 913. The molecule has 0 fully saturated rings. The predicted molar refractivity (Wildman–Crippen MR) is 112 cm³/mol. The first kappa shape index (κ1) is 19.4. The van der Waals surface area contributed by atoms with Crippen molar-refractivity contribution in [1.29, 1.82) is 0 Å². The van der Waals surface area contributed by atoms with Crippen LogP contribution in [0.2, 0.25) is 0 Å².